The number of benzene rings is 2. The molecular weight excluding hydrogens is 390 g/mol. The van der Waals surface area contributed by atoms with Gasteiger partial charge in [0.15, 0.2) is 0 Å². The summed E-state index contributed by atoms with van der Waals surface area (Å²) in [4.78, 5) is 29.8. The summed E-state index contributed by atoms with van der Waals surface area (Å²) in [6, 6.07) is 13.2. The minimum absolute atomic E-state index is 0.0329. The maximum atomic E-state index is 12.9. The van der Waals surface area contributed by atoms with E-state index < -0.39 is 0 Å². The number of anilines is 2. The molecule has 2 amide bonds. The van der Waals surface area contributed by atoms with Crippen LogP contribution in [0.3, 0.4) is 0 Å². The normalized spacial score (nSPS) is 13.0. The summed E-state index contributed by atoms with van der Waals surface area (Å²) in [5.74, 6) is 0.621. The Labute approximate surface area is 171 Å². The van der Waals surface area contributed by atoms with Crippen LogP contribution in [0.25, 0.3) is 0 Å². The summed E-state index contributed by atoms with van der Waals surface area (Å²) in [5.41, 5.74) is 4.27. The summed E-state index contributed by atoms with van der Waals surface area (Å²) < 4.78 is 0. The molecule has 0 fully saturated rings. The average Bonchev–Trinajstić information content (AvgIpc) is 3.12. The van der Waals surface area contributed by atoms with Crippen LogP contribution >= 0.6 is 23.1 Å². The molecule has 28 heavy (non-hydrogen) atoms. The van der Waals surface area contributed by atoms with Crippen molar-refractivity contribution in [3.63, 3.8) is 0 Å². The van der Waals surface area contributed by atoms with Crippen molar-refractivity contribution in [3.05, 3.63) is 69.7 Å². The third kappa shape index (κ3) is 4.26. The van der Waals surface area contributed by atoms with Crippen molar-refractivity contribution < 1.29 is 9.59 Å². The summed E-state index contributed by atoms with van der Waals surface area (Å²) >= 11 is 3.24. The molecule has 1 aromatic heterocycles. The van der Waals surface area contributed by atoms with Crippen molar-refractivity contribution in [2.45, 2.75) is 30.4 Å². The molecule has 0 unspecified atom stereocenters. The number of amides is 2. The van der Waals surface area contributed by atoms with Gasteiger partial charge in [-0.3, -0.25) is 9.59 Å². The number of aromatic nitrogens is 1. The van der Waals surface area contributed by atoms with Gasteiger partial charge in [0.2, 0.25) is 5.91 Å². The minimum Gasteiger partial charge on any atom is -0.326 e. The van der Waals surface area contributed by atoms with Gasteiger partial charge in [-0.1, -0.05) is 12.1 Å². The smallest absolute Gasteiger partial charge is 0.256 e. The summed E-state index contributed by atoms with van der Waals surface area (Å²) in [6.07, 6.45) is 1.16. The number of rotatable bonds is 5. The van der Waals surface area contributed by atoms with Gasteiger partial charge in [0.25, 0.3) is 5.91 Å². The van der Waals surface area contributed by atoms with E-state index in [1.54, 1.807) is 23.1 Å². The van der Waals surface area contributed by atoms with Crippen molar-refractivity contribution in [2.75, 3.05) is 10.6 Å². The fourth-order valence-corrected chi connectivity index (χ4v) is 4.73. The number of hydrogen-bond acceptors (Lipinski definition) is 5. The molecule has 142 valence electrons. The Hall–Kier alpha value is -2.64. The van der Waals surface area contributed by atoms with Crippen LogP contribution in [-0.2, 0) is 17.0 Å². The molecule has 0 aliphatic carbocycles. The van der Waals surface area contributed by atoms with Gasteiger partial charge >= 0.3 is 0 Å². The van der Waals surface area contributed by atoms with Crippen molar-refractivity contribution in [1.29, 1.82) is 0 Å². The Balaban J connectivity index is 1.48. The van der Waals surface area contributed by atoms with E-state index in [4.69, 9.17) is 0 Å². The topological polar surface area (TPSA) is 71.1 Å². The molecule has 3 aromatic rings. The van der Waals surface area contributed by atoms with Gasteiger partial charge in [-0.2, -0.15) is 0 Å². The second-order valence-electron chi connectivity index (χ2n) is 6.52. The molecule has 4 rings (SSSR count). The summed E-state index contributed by atoms with van der Waals surface area (Å²) in [5, 5.41) is 8.94. The molecular formula is C21H19N3O2S2. The Morgan fingerprint density at radius 1 is 1.25 bits per heavy atom. The molecule has 0 spiro atoms. The predicted octanol–water partition coefficient (Wildman–Crippen LogP) is 4.88. The van der Waals surface area contributed by atoms with Crippen LogP contribution in [0.1, 0.15) is 33.0 Å². The maximum absolute atomic E-state index is 12.9. The SMILES string of the molecule is Cc1nc(CSc2ccccc2C(=O)Nc2ccc3c(c2)CCC(=O)N3)cs1. The zero-order chi connectivity index (χ0) is 19.5. The molecule has 0 radical (unpaired) electrons. The molecule has 0 bridgehead atoms. The van der Waals surface area contributed by atoms with Gasteiger partial charge in [0, 0.05) is 33.8 Å². The van der Waals surface area contributed by atoms with Gasteiger partial charge in [-0.15, -0.1) is 23.1 Å². The van der Waals surface area contributed by atoms with Crippen molar-refractivity contribution in [2.24, 2.45) is 0 Å². The van der Waals surface area contributed by atoms with Gasteiger partial charge in [0.1, 0.15) is 0 Å². The van der Waals surface area contributed by atoms with Crippen LogP contribution in [0, 0.1) is 6.92 Å². The molecule has 0 saturated heterocycles. The van der Waals surface area contributed by atoms with Crippen molar-refractivity contribution in [1.82, 2.24) is 4.98 Å². The Morgan fingerprint density at radius 3 is 2.93 bits per heavy atom. The lowest BCUT2D eigenvalue weighted by molar-refractivity contribution is -0.116. The zero-order valence-corrected chi connectivity index (χ0v) is 17.0. The molecule has 5 nitrogen and oxygen atoms in total. The first-order valence-corrected chi connectivity index (χ1v) is 10.8. The number of carbonyl (C=O) groups excluding carboxylic acids is 2. The van der Waals surface area contributed by atoms with Gasteiger partial charge in [-0.25, -0.2) is 4.98 Å². The highest BCUT2D eigenvalue weighted by Gasteiger charge is 2.17. The predicted molar refractivity (Wildman–Crippen MR) is 114 cm³/mol. The summed E-state index contributed by atoms with van der Waals surface area (Å²) in [6.45, 7) is 1.99. The number of nitrogens with one attached hydrogen (secondary N) is 2. The number of thioether (sulfide) groups is 1. The largest absolute Gasteiger partial charge is 0.326 e. The third-order valence-electron chi connectivity index (χ3n) is 4.43. The number of thiazole rings is 1. The second kappa shape index (κ2) is 8.16. The minimum atomic E-state index is -0.141. The van der Waals surface area contributed by atoms with Crippen LogP contribution in [0.5, 0.6) is 0 Å². The first-order valence-electron chi connectivity index (χ1n) is 8.95. The zero-order valence-electron chi connectivity index (χ0n) is 15.3. The highest BCUT2D eigenvalue weighted by Crippen LogP contribution is 2.29. The fraction of sp³-hybridized carbons (Fsp3) is 0.190. The van der Waals surface area contributed by atoms with E-state index in [1.165, 1.54) is 0 Å². The Bertz CT molecular complexity index is 1050. The molecule has 1 aliphatic heterocycles. The van der Waals surface area contributed by atoms with E-state index in [-0.39, 0.29) is 11.8 Å². The third-order valence-corrected chi connectivity index (χ3v) is 6.36. The molecule has 0 saturated carbocycles. The quantitative estimate of drug-likeness (QED) is 0.589. The molecule has 1 aliphatic rings. The standard InChI is InChI=1S/C21H19N3O2S2/c1-13-22-16(11-27-13)12-28-19-5-3-2-4-17(19)21(26)23-15-7-8-18-14(10-15)6-9-20(25)24-18/h2-5,7-8,10-11H,6,9,12H2,1H3,(H,23,26)(H,24,25). The fourth-order valence-electron chi connectivity index (χ4n) is 3.07. The van der Waals surface area contributed by atoms with E-state index >= 15 is 0 Å². The summed E-state index contributed by atoms with van der Waals surface area (Å²) in [7, 11) is 0. The Morgan fingerprint density at radius 2 is 2.11 bits per heavy atom. The number of nitrogens with zero attached hydrogens (tertiary/aromatic N) is 1. The van der Waals surface area contributed by atoms with Crippen LogP contribution < -0.4 is 10.6 Å². The number of aryl methyl sites for hydroxylation is 2. The lowest BCUT2D eigenvalue weighted by Crippen LogP contribution is -2.19. The van der Waals surface area contributed by atoms with E-state index in [0.29, 0.717) is 18.4 Å². The monoisotopic (exact) mass is 409 g/mol. The second-order valence-corrected chi connectivity index (χ2v) is 8.60. The molecule has 7 heteroatoms. The first kappa shape index (κ1) is 18.7. The molecule has 0 atom stereocenters. The van der Waals surface area contributed by atoms with E-state index in [1.807, 2.05) is 49.4 Å². The Kier molecular flexibility index (Phi) is 5.45. The van der Waals surface area contributed by atoms with Gasteiger partial charge < -0.3 is 10.6 Å². The number of fused-ring (bicyclic) bond motifs is 1. The number of carbonyl (C=O) groups is 2. The highest BCUT2D eigenvalue weighted by atomic mass is 32.2. The molecule has 2 aromatic carbocycles. The first-order chi connectivity index (χ1) is 13.6. The highest BCUT2D eigenvalue weighted by molar-refractivity contribution is 7.98. The molecule has 2 N–H and O–H groups in total. The van der Waals surface area contributed by atoms with Crippen LogP contribution in [0.4, 0.5) is 11.4 Å². The van der Waals surface area contributed by atoms with Crippen LogP contribution in [0.15, 0.2) is 52.7 Å². The number of hydrogen-bond donors (Lipinski definition) is 2. The van der Waals surface area contributed by atoms with Crippen LogP contribution in [-0.4, -0.2) is 16.8 Å². The maximum Gasteiger partial charge on any atom is 0.256 e. The van der Waals surface area contributed by atoms with Crippen molar-refractivity contribution >= 4 is 46.3 Å². The van der Waals surface area contributed by atoms with Crippen molar-refractivity contribution in [3.8, 4) is 0 Å². The van der Waals surface area contributed by atoms with Crippen LogP contribution in [0.2, 0.25) is 0 Å². The van der Waals surface area contributed by atoms with E-state index in [0.717, 1.165) is 38.3 Å². The lowest BCUT2D eigenvalue weighted by atomic mass is 10.0. The van der Waals surface area contributed by atoms with E-state index in [9.17, 15) is 9.59 Å². The average molecular weight is 410 g/mol. The van der Waals surface area contributed by atoms with E-state index in [2.05, 4.69) is 21.0 Å². The lowest BCUT2D eigenvalue weighted by Gasteiger charge is -2.18. The molecule has 2 heterocycles. The van der Waals surface area contributed by atoms with Gasteiger partial charge in [0.05, 0.1) is 16.3 Å². The van der Waals surface area contributed by atoms with Gasteiger partial charge in [-0.05, 0) is 49.2 Å².